The minimum absolute atomic E-state index is 0.00421. The maximum absolute atomic E-state index is 13.4. The van der Waals surface area contributed by atoms with Crippen LogP contribution in [-0.4, -0.2) is 11.1 Å². The molecule has 0 radical (unpaired) electrons. The smallest absolute Gasteiger partial charge is 0.296 e. The Balaban J connectivity index is 1.84. The molecule has 1 atom stereocenters. The number of carbonyl (C=O) groups is 1. The third kappa shape index (κ3) is 2.81. The molecule has 0 aliphatic carbocycles. The highest BCUT2D eigenvalue weighted by Gasteiger charge is 2.44. The molecule has 29 heavy (non-hydrogen) atoms. The zero-order valence-corrected chi connectivity index (χ0v) is 17.3. The number of hydrogen-bond donors (Lipinski definition) is 0. The van der Waals surface area contributed by atoms with Crippen molar-refractivity contribution in [3.05, 3.63) is 90.9 Å². The van der Waals surface area contributed by atoms with E-state index < -0.39 is 11.9 Å². The number of rotatable bonds is 2. The highest BCUT2D eigenvalue weighted by Crippen LogP contribution is 2.41. The normalized spacial score (nSPS) is 15.9. The molecule has 0 N–H and O–H groups in total. The molecule has 2 aromatic carbocycles. The first-order valence-electron chi connectivity index (χ1n) is 8.72. The number of hydrogen-bond acceptors (Lipinski definition) is 5. The summed E-state index contributed by atoms with van der Waals surface area (Å²) in [5.74, 6) is 0.404. The number of fused-ring (bicyclic) bond motifs is 2. The van der Waals surface area contributed by atoms with Crippen LogP contribution in [0.3, 0.4) is 0 Å². The third-order valence-electron chi connectivity index (χ3n) is 4.86. The Morgan fingerprint density at radius 2 is 1.97 bits per heavy atom. The maximum atomic E-state index is 13.4. The number of aromatic nitrogens is 1. The first-order chi connectivity index (χ1) is 13.9. The van der Waals surface area contributed by atoms with Crippen LogP contribution in [-0.2, 0) is 0 Å². The van der Waals surface area contributed by atoms with E-state index in [1.807, 2.05) is 24.3 Å². The zero-order valence-electron chi connectivity index (χ0n) is 15.0. The van der Waals surface area contributed by atoms with E-state index >= 15 is 0 Å². The number of aryl methyl sites for hydroxylation is 1. The fraction of sp³-hybridized carbons (Fsp3) is 0.0952. The molecule has 0 saturated carbocycles. The van der Waals surface area contributed by atoms with Crippen LogP contribution in [0.5, 0.6) is 0 Å². The third-order valence-corrected chi connectivity index (χ3v) is 5.59. The van der Waals surface area contributed by atoms with E-state index in [1.54, 1.807) is 31.2 Å². The van der Waals surface area contributed by atoms with Gasteiger partial charge < -0.3 is 8.94 Å². The molecule has 1 aliphatic rings. The van der Waals surface area contributed by atoms with Gasteiger partial charge >= 0.3 is 0 Å². The average molecular weight is 472 g/mol. The van der Waals surface area contributed by atoms with Gasteiger partial charge in [0.1, 0.15) is 11.3 Å². The van der Waals surface area contributed by atoms with Gasteiger partial charge in [0.15, 0.2) is 11.2 Å². The molecule has 0 bridgehead atoms. The van der Waals surface area contributed by atoms with E-state index in [4.69, 9.17) is 20.5 Å². The molecule has 1 amide bonds. The van der Waals surface area contributed by atoms with Gasteiger partial charge in [0.05, 0.1) is 17.0 Å². The molecule has 0 saturated heterocycles. The lowest BCUT2D eigenvalue weighted by Gasteiger charge is -2.22. The number of benzene rings is 2. The Morgan fingerprint density at radius 3 is 2.69 bits per heavy atom. The Kier molecular flexibility index (Phi) is 4.11. The summed E-state index contributed by atoms with van der Waals surface area (Å²) in [6.45, 7) is 1.73. The molecule has 3 heterocycles. The Hall–Kier alpha value is -2.90. The van der Waals surface area contributed by atoms with Crippen LogP contribution >= 0.6 is 27.5 Å². The molecule has 8 heteroatoms. The monoisotopic (exact) mass is 470 g/mol. The lowest BCUT2D eigenvalue weighted by Crippen LogP contribution is -2.29. The van der Waals surface area contributed by atoms with Gasteiger partial charge in [0, 0.05) is 15.6 Å². The second-order valence-electron chi connectivity index (χ2n) is 6.74. The molecule has 6 nitrogen and oxygen atoms in total. The second-order valence-corrected chi connectivity index (χ2v) is 8.10. The SMILES string of the molecule is Cc1cc(N2C(=O)c3oc4ccc(Cl)cc4c(=O)c3C2c2cccc(Br)c2)no1. The fourth-order valence-electron chi connectivity index (χ4n) is 3.64. The number of nitrogens with zero attached hydrogens (tertiary/aromatic N) is 2. The first-order valence-corrected chi connectivity index (χ1v) is 9.90. The number of anilines is 1. The Bertz CT molecular complexity index is 1360. The van der Waals surface area contributed by atoms with Gasteiger partial charge in [-0.15, -0.1) is 0 Å². The fourth-order valence-corrected chi connectivity index (χ4v) is 4.23. The van der Waals surface area contributed by atoms with Crippen LogP contribution in [0.15, 0.2) is 66.7 Å². The molecule has 4 aromatic rings. The second kappa shape index (κ2) is 6.57. The molecule has 0 spiro atoms. The van der Waals surface area contributed by atoms with Crippen LogP contribution in [0, 0.1) is 6.92 Å². The van der Waals surface area contributed by atoms with E-state index in [1.165, 1.54) is 4.90 Å². The summed E-state index contributed by atoms with van der Waals surface area (Å²) in [5, 5.41) is 4.73. The predicted molar refractivity (Wildman–Crippen MR) is 112 cm³/mol. The van der Waals surface area contributed by atoms with Gasteiger partial charge in [0.2, 0.25) is 5.76 Å². The van der Waals surface area contributed by atoms with Crippen molar-refractivity contribution in [3.8, 4) is 0 Å². The quantitative estimate of drug-likeness (QED) is 0.399. The van der Waals surface area contributed by atoms with Gasteiger partial charge in [-0.1, -0.05) is 44.8 Å². The average Bonchev–Trinajstić information content (AvgIpc) is 3.24. The summed E-state index contributed by atoms with van der Waals surface area (Å²) < 4.78 is 11.9. The zero-order chi connectivity index (χ0) is 20.3. The van der Waals surface area contributed by atoms with E-state index in [-0.39, 0.29) is 16.8 Å². The summed E-state index contributed by atoms with van der Waals surface area (Å²) in [6.07, 6.45) is 0. The van der Waals surface area contributed by atoms with Gasteiger partial charge in [-0.2, -0.15) is 0 Å². The molecule has 144 valence electrons. The molecule has 1 unspecified atom stereocenters. The maximum Gasteiger partial charge on any atom is 0.296 e. The Morgan fingerprint density at radius 1 is 1.14 bits per heavy atom. The van der Waals surface area contributed by atoms with Crippen LogP contribution in [0.4, 0.5) is 5.82 Å². The van der Waals surface area contributed by atoms with E-state index in [0.717, 1.165) is 10.0 Å². The number of amides is 1. The minimum Gasteiger partial charge on any atom is -0.450 e. The summed E-state index contributed by atoms with van der Waals surface area (Å²) in [7, 11) is 0. The molecular weight excluding hydrogens is 460 g/mol. The van der Waals surface area contributed by atoms with E-state index in [2.05, 4.69) is 21.1 Å². The van der Waals surface area contributed by atoms with Crippen molar-refractivity contribution in [3.63, 3.8) is 0 Å². The summed E-state index contributed by atoms with van der Waals surface area (Å²) in [5.41, 5.74) is 0.992. The number of carbonyl (C=O) groups excluding carboxylic acids is 1. The number of halogens is 2. The molecule has 1 aliphatic heterocycles. The van der Waals surface area contributed by atoms with Crippen LogP contribution in [0.25, 0.3) is 11.0 Å². The minimum atomic E-state index is -0.709. The lowest BCUT2D eigenvalue weighted by molar-refractivity contribution is 0.0969. The predicted octanol–water partition coefficient (Wildman–Crippen LogP) is 5.26. The Labute approximate surface area is 177 Å². The van der Waals surface area contributed by atoms with Crippen molar-refractivity contribution in [1.82, 2.24) is 5.16 Å². The first kappa shape index (κ1) is 18.1. The molecule has 2 aromatic heterocycles. The van der Waals surface area contributed by atoms with E-state index in [9.17, 15) is 9.59 Å². The molecule has 0 fully saturated rings. The van der Waals surface area contributed by atoms with Crippen LogP contribution in [0.2, 0.25) is 5.02 Å². The van der Waals surface area contributed by atoms with Crippen molar-refractivity contribution < 1.29 is 13.7 Å². The van der Waals surface area contributed by atoms with Crippen molar-refractivity contribution in [1.29, 1.82) is 0 Å². The largest absolute Gasteiger partial charge is 0.450 e. The van der Waals surface area contributed by atoms with Gasteiger partial charge in [-0.25, -0.2) is 0 Å². The van der Waals surface area contributed by atoms with Crippen molar-refractivity contribution >= 4 is 50.2 Å². The standard InChI is InChI=1S/C21H12BrClN2O4/c1-10-7-16(24-29-10)25-18(11-3-2-4-12(22)8-11)17-19(26)14-9-13(23)5-6-15(14)28-20(17)21(25)27/h2-9,18H,1H3. The van der Waals surface area contributed by atoms with Crippen LogP contribution in [0.1, 0.15) is 33.5 Å². The summed E-state index contributed by atoms with van der Waals surface area (Å²) in [4.78, 5) is 28.2. The van der Waals surface area contributed by atoms with Crippen molar-refractivity contribution in [2.45, 2.75) is 13.0 Å². The lowest BCUT2D eigenvalue weighted by atomic mass is 9.98. The van der Waals surface area contributed by atoms with Gasteiger partial charge in [-0.3, -0.25) is 14.5 Å². The highest BCUT2D eigenvalue weighted by molar-refractivity contribution is 9.10. The van der Waals surface area contributed by atoms with Crippen LogP contribution < -0.4 is 10.3 Å². The highest BCUT2D eigenvalue weighted by atomic mass is 79.9. The topological polar surface area (TPSA) is 76.6 Å². The van der Waals surface area contributed by atoms with E-state index in [0.29, 0.717) is 27.6 Å². The van der Waals surface area contributed by atoms with Gasteiger partial charge in [-0.05, 0) is 42.8 Å². The summed E-state index contributed by atoms with van der Waals surface area (Å²) >= 11 is 9.54. The van der Waals surface area contributed by atoms with Gasteiger partial charge in [0.25, 0.3) is 5.91 Å². The summed E-state index contributed by atoms with van der Waals surface area (Å²) in [6, 6.07) is 13.1. The van der Waals surface area contributed by atoms with Crippen molar-refractivity contribution in [2.75, 3.05) is 4.90 Å². The van der Waals surface area contributed by atoms with Crippen molar-refractivity contribution in [2.24, 2.45) is 0 Å². The molecule has 5 rings (SSSR count). The molecular formula is C21H12BrClN2O4.